The highest BCUT2D eigenvalue weighted by molar-refractivity contribution is 5.79. The zero-order valence-electron chi connectivity index (χ0n) is 14.6. The number of likely N-dealkylation sites (tertiary alicyclic amines) is 1. The fourth-order valence-electron chi connectivity index (χ4n) is 3.45. The summed E-state index contributed by atoms with van der Waals surface area (Å²) in [5.41, 5.74) is 1.93. The Bertz CT molecular complexity index is 707. The molecule has 3 rings (SSSR count). The van der Waals surface area contributed by atoms with Crippen LogP contribution >= 0.6 is 0 Å². The molecule has 5 heteroatoms. The van der Waals surface area contributed by atoms with E-state index in [2.05, 4.69) is 23.0 Å². The Kier molecular flexibility index (Phi) is 5.76. The summed E-state index contributed by atoms with van der Waals surface area (Å²) in [6, 6.07) is 10.3. The van der Waals surface area contributed by atoms with E-state index in [0.29, 0.717) is 5.92 Å². The molecule has 0 bridgehead atoms. The molecule has 0 radical (unpaired) electrons. The van der Waals surface area contributed by atoms with E-state index in [1.165, 1.54) is 17.7 Å². The quantitative estimate of drug-likeness (QED) is 0.811. The first kappa shape index (κ1) is 17.5. The van der Waals surface area contributed by atoms with Crippen LogP contribution in [0.1, 0.15) is 17.5 Å². The van der Waals surface area contributed by atoms with Gasteiger partial charge in [0.25, 0.3) is 0 Å². The van der Waals surface area contributed by atoms with Gasteiger partial charge in [-0.15, -0.1) is 0 Å². The summed E-state index contributed by atoms with van der Waals surface area (Å²) in [6.45, 7) is 3.39. The number of nitrogens with zero attached hydrogens (tertiary/aromatic N) is 3. The van der Waals surface area contributed by atoms with E-state index in [-0.39, 0.29) is 18.1 Å². The topological polar surface area (TPSA) is 36.4 Å². The number of benzene rings is 1. The molecule has 1 aromatic carbocycles. The van der Waals surface area contributed by atoms with Gasteiger partial charge in [-0.2, -0.15) is 0 Å². The van der Waals surface area contributed by atoms with Crippen molar-refractivity contribution in [2.75, 3.05) is 26.7 Å². The van der Waals surface area contributed by atoms with Gasteiger partial charge in [-0.05, 0) is 48.7 Å². The standard InChI is InChI=1S/C20H24FN3O/c1-23(13-17-5-3-8-22-12-17)14-18-7-9-24(15-18)20(25)11-16-4-2-6-19(21)10-16/h2-6,8,10,12,18H,7,9,11,13-15H2,1H3. The van der Waals surface area contributed by atoms with Crippen LogP contribution in [0.2, 0.25) is 0 Å². The van der Waals surface area contributed by atoms with Gasteiger partial charge in [0.15, 0.2) is 0 Å². The smallest absolute Gasteiger partial charge is 0.227 e. The SMILES string of the molecule is CN(Cc1cccnc1)CC1CCN(C(=O)Cc2cccc(F)c2)C1. The molecule has 0 aliphatic carbocycles. The largest absolute Gasteiger partial charge is 0.342 e. The fourth-order valence-corrected chi connectivity index (χ4v) is 3.45. The number of rotatable bonds is 6. The molecule has 1 aliphatic rings. The van der Waals surface area contributed by atoms with Gasteiger partial charge in [0.05, 0.1) is 6.42 Å². The fraction of sp³-hybridized carbons (Fsp3) is 0.400. The van der Waals surface area contributed by atoms with E-state index in [1.54, 1.807) is 18.3 Å². The molecule has 1 fully saturated rings. The Morgan fingerprint density at radius 1 is 1.32 bits per heavy atom. The lowest BCUT2D eigenvalue weighted by molar-refractivity contribution is -0.129. The number of hydrogen-bond donors (Lipinski definition) is 0. The number of aromatic nitrogens is 1. The summed E-state index contributed by atoms with van der Waals surface area (Å²) in [6.07, 6.45) is 4.96. The van der Waals surface area contributed by atoms with Crippen molar-refractivity contribution >= 4 is 5.91 Å². The minimum Gasteiger partial charge on any atom is -0.342 e. The third-order valence-electron chi connectivity index (χ3n) is 4.63. The third kappa shape index (κ3) is 5.10. The summed E-state index contributed by atoms with van der Waals surface area (Å²) in [5, 5.41) is 0. The summed E-state index contributed by atoms with van der Waals surface area (Å²) >= 11 is 0. The Balaban J connectivity index is 1.47. The van der Waals surface area contributed by atoms with Crippen molar-refractivity contribution in [3.8, 4) is 0 Å². The Morgan fingerprint density at radius 2 is 2.16 bits per heavy atom. The molecule has 1 unspecified atom stereocenters. The second-order valence-electron chi connectivity index (χ2n) is 6.86. The van der Waals surface area contributed by atoms with Crippen LogP contribution in [0.5, 0.6) is 0 Å². The zero-order valence-corrected chi connectivity index (χ0v) is 14.6. The molecule has 1 atom stereocenters. The van der Waals surface area contributed by atoms with Crippen LogP contribution in [0.4, 0.5) is 4.39 Å². The van der Waals surface area contributed by atoms with E-state index >= 15 is 0 Å². The van der Waals surface area contributed by atoms with Crippen molar-refractivity contribution in [1.29, 1.82) is 0 Å². The first-order valence-electron chi connectivity index (χ1n) is 8.70. The number of pyridine rings is 1. The monoisotopic (exact) mass is 341 g/mol. The highest BCUT2D eigenvalue weighted by Gasteiger charge is 2.27. The second kappa shape index (κ2) is 8.21. The molecular formula is C20H24FN3O. The maximum atomic E-state index is 13.2. The van der Waals surface area contributed by atoms with E-state index in [0.717, 1.165) is 38.2 Å². The van der Waals surface area contributed by atoms with Crippen molar-refractivity contribution in [3.63, 3.8) is 0 Å². The molecule has 25 heavy (non-hydrogen) atoms. The summed E-state index contributed by atoms with van der Waals surface area (Å²) in [7, 11) is 2.10. The maximum absolute atomic E-state index is 13.2. The average Bonchev–Trinajstić information content (AvgIpc) is 3.04. The second-order valence-corrected chi connectivity index (χ2v) is 6.86. The summed E-state index contributed by atoms with van der Waals surface area (Å²) < 4.78 is 13.2. The molecule has 2 aromatic rings. The van der Waals surface area contributed by atoms with Gasteiger partial charge >= 0.3 is 0 Å². The van der Waals surface area contributed by atoms with Gasteiger partial charge < -0.3 is 9.80 Å². The predicted octanol–water partition coefficient (Wildman–Crippen LogP) is 2.74. The van der Waals surface area contributed by atoms with Gasteiger partial charge in [-0.3, -0.25) is 9.78 Å². The van der Waals surface area contributed by atoms with E-state index in [1.807, 2.05) is 17.2 Å². The molecule has 0 N–H and O–H groups in total. The summed E-state index contributed by atoms with van der Waals surface area (Å²) in [4.78, 5) is 20.8. The molecule has 1 amide bonds. The maximum Gasteiger partial charge on any atom is 0.227 e. The third-order valence-corrected chi connectivity index (χ3v) is 4.63. The number of halogens is 1. The van der Waals surface area contributed by atoms with Crippen LogP contribution in [-0.2, 0) is 17.8 Å². The molecule has 4 nitrogen and oxygen atoms in total. The Labute approximate surface area is 148 Å². The number of amides is 1. The average molecular weight is 341 g/mol. The highest BCUT2D eigenvalue weighted by atomic mass is 19.1. The first-order valence-corrected chi connectivity index (χ1v) is 8.70. The van der Waals surface area contributed by atoms with Crippen LogP contribution in [0, 0.1) is 11.7 Å². The van der Waals surface area contributed by atoms with Crippen LogP contribution < -0.4 is 0 Å². The van der Waals surface area contributed by atoms with Crippen molar-refractivity contribution in [2.45, 2.75) is 19.4 Å². The van der Waals surface area contributed by atoms with E-state index in [9.17, 15) is 9.18 Å². The summed E-state index contributed by atoms with van der Waals surface area (Å²) in [5.74, 6) is 0.280. The molecule has 0 saturated carbocycles. The van der Waals surface area contributed by atoms with Crippen molar-refractivity contribution in [1.82, 2.24) is 14.8 Å². The lowest BCUT2D eigenvalue weighted by Crippen LogP contribution is -2.32. The van der Waals surface area contributed by atoms with Crippen molar-refractivity contribution in [2.24, 2.45) is 5.92 Å². The van der Waals surface area contributed by atoms with E-state index < -0.39 is 0 Å². The molecular weight excluding hydrogens is 317 g/mol. The van der Waals surface area contributed by atoms with Gasteiger partial charge in [0, 0.05) is 38.6 Å². The number of hydrogen-bond acceptors (Lipinski definition) is 3. The molecule has 0 spiro atoms. The molecule has 1 aliphatic heterocycles. The molecule has 2 heterocycles. The van der Waals surface area contributed by atoms with E-state index in [4.69, 9.17) is 0 Å². The first-order chi connectivity index (χ1) is 12.1. The van der Waals surface area contributed by atoms with Gasteiger partial charge in [0.2, 0.25) is 5.91 Å². The van der Waals surface area contributed by atoms with Crippen LogP contribution in [0.15, 0.2) is 48.8 Å². The van der Waals surface area contributed by atoms with Crippen molar-refractivity contribution in [3.05, 3.63) is 65.7 Å². The molecule has 132 valence electrons. The number of carbonyl (C=O) groups is 1. The van der Waals surface area contributed by atoms with Crippen LogP contribution in [0.3, 0.4) is 0 Å². The normalized spacial score (nSPS) is 17.2. The lowest BCUT2D eigenvalue weighted by atomic mass is 10.1. The minimum absolute atomic E-state index is 0.0861. The Hall–Kier alpha value is -2.27. The highest BCUT2D eigenvalue weighted by Crippen LogP contribution is 2.19. The molecule has 1 aromatic heterocycles. The van der Waals surface area contributed by atoms with Gasteiger partial charge in [-0.1, -0.05) is 18.2 Å². The van der Waals surface area contributed by atoms with Crippen LogP contribution in [-0.4, -0.2) is 47.4 Å². The van der Waals surface area contributed by atoms with Gasteiger partial charge in [-0.25, -0.2) is 4.39 Å². The number of carbonyl (C=O) groups excluding carboxylic acids is 1. The molecule has 1 saturated heterocycles. The minimum atomic E-state index is -0.290. The van der Waals surface area contributed by atoms with Gasteiger partial charge in [0.1, 0.15) is 5.82 Å². The predicted molar refractivity (Wildman–Crippen MR) is 95.4 cm³/mol. The zero-order chi connectivity index (χ0) is 17.6. The lowest BCUT2D eigenvalue weighted by Gasteiger charge is -2.21. The van der Waals surface area contributed by atoms with Crippen LogP contribution in [0.25, 0.3) is 0 Å². The Morgan fingerprint density at radius 3 is 2.92 bits per heavy atom. The van der Waals surface area contributed by atoms with Crippen molar-refractivity contribution < 1.29 is 9.18 Å².